The van der Waals surface area contributed by atoms with Crippen molar-refractivity contribution in [3.63, 3.8) is 0 Å². The Balaban J connectivity index is 1.50. The predicted octanol–water partition coefficient (Wildman–Crippen LogP) is 2.10. The minimum absolute atomic E-state index is 0.00394. The van der Waals surface area contributed by atoms with E-state index in [4.69, 9.17) is 9.47 Å². The lowest BCUT2D eigenvalue weighted by Crippen LogP contribution is -2.56. The molecule has 3 heterocycles. The van der Waals surface area contributed by atoms with Crippen molar-refractivity contribution in [2.75, 3.05) is 33.9 Å². The third-order valence-electron chi connectivity index (χ3n) is 7.52. The van der Waals surface area contributed by atoms with Crippen LogP contribution in [0.15, 0.2) is 18.2 Å². The van der Waals surface area contributed by atoms with Gasteiger partial charge in [0.25, 0.3) is 0 Å². The molecule has 1 aromatic carbocycles. The molecular formula is C22H30N2O4. The number of aliphatic hydroxyl groups excluding tert-OH is 2. The van der Waals surface area contributed by atoms with Gasteiger partial charge in [0.1, 0.15) is 5.75 Å². The molecule has 5 rings (SSSR count). The maximum absolute atomic E-state index is 10.5. The highest BCUT2D eigenvalue weighted by atomic mass is 16.5. The number of methoxy groups -OCH3 is 2. The van der Waals surface area contributed by atoms with Crippen molar-refractivity contribution in [2.24, 2.45) is 17.8 Å². The maximum atomic E-state index is 10.5. The molecule has 28 heavy (non-hydrogen) atoms. The number of aromatic nitrogens is 1. The van der Waals surface area contributed by atoms with E-state index in [1.807, 2.05) is 6.07 Å². The molecule has 0 amide bonds. The zero-order valence-corrected chi connectivity index (χ0v) is 16.6. The smallest absolute Gasteiger partial charge is 0.120 e. The SMILES string of the molecule is COc1ccc2c3c([nH]c2c1)[C@H]1C[C@@H]2[C@H](C[C@H](O)[C@H](OC)[C@@H]2CO)CN1CC3. The molecule has 0 spiro atoms. The fraction of sp³-hybridized carbons (Fsp3) is 0.636. The average molecular weight is 386 g/mol. The van der Waals surface area contributed by atoms with Crippen LogP contribution in [0.5, 0.6) is 5.75 Å². The van der Waals surface area contributed by atoms with Gasteiger partial charge in [-0.3, -0.25) is 4.90 Å². The Kier molecular flexibility index (Phi) is 4.62. The van der Waals surface area contributed by atoms with E-state index in [9.17, 15) is 10.2 Å². The molecule has 0 radical (unpaired) electrons. The van der Waals surface area contributed by atoms with Crippen LogP contribution in [-0.4, -0.2) is 66.2 Å². The lowest BCUT2D eigenvalue weighted by Gasteiger charge is -2.53. The van der Waals surface area contributed by atoms with Gasteiger partial charge in [-0.1, -0.05) is 0 Å². The Bertz CT molecular complexity index is 866. The van der Waals surface area contributed by atoms with Crippen molar-refractivity contribution in [1.82, 2.24) is 9.88 Å². The summed E-state index contributed by atoms with van der Waals surface area (Å²) >= 11 is 0. The Morgan fingerprint density at radius 1 is 1.25 bits per heavy atom. The molecule has 1 aromatic heterocycles. The number of hydrogen-bond acceptors (Lipinski definition) is 5. The second kappa shape index (κ2) is 7.02. The second-order valence-electron chi connectivity index (χ2n) is 8.70. The Hall–Kier alpha value is -1.60. The number of aromatic amines is 1. The molecule has 6 atom stereocenters. The molecule has 0 bridgehead atoms. The Morgan fingerprint density at radius 2 is 2.11 bits per heavy atom. The summed E-state index contributed by atoms with van der Waals surface area (Å²) in [6, 6.07) is 6.62. The van der Waals surface area contributed by atoms with Crippen LogP contribution in [0.2, 0.25) is 0 Å². The van der Waals surface area contributed by atoms with Crippen LogP contribution in [0.25, 0.3) is 10.9 Å². The minimum atomic E-state index is -0.485. The molecule has 2 aliphatic heterocycles. The van der Waals surface area contributed by atoms with Gasteiger partial charge in [0, 0.05) is 55.4 Å². The highest BCUT2D eigenvalue weighted by Gasteiger charge is 2.49. The summed E-state index contributed by atoms with van der Waals surface area (Å²) in [7, 11) is 3.35. The highest BCUT2D eigenvalue weighted by Crippen LogP contribution is 2.49. The highest BCUT2D eigenvalue weighted by molar-refractivity contribution is 5.86. The normalized spacial score (nSPS) is 35.3. The van der Waals surface area contributed by atoms with Crippen molar-refractivity contribution in [3.05, 3.63) is 29.5 Å². The lowest BCUT2D eigenvalue weighted by molar-refractivity contribution is -0.142. The number of rotatable bonds is 3. The van der Waals surface area contributed by atoms with Crippen molar-refractivity contribution in [1.29, 1.82) is 0 Å². The number of hydrogen-bond donors (Lipinski definition) is 3. The molecule has 3 aliphatic rings. The van der Waals surface area contributed by atoms with E-state index in [2.05, 4.69) is 22.0 Å². The van der Waals surface area contributed by atoms with Crippen LogP contribution in [0.4, 0.5) is 0 Å². The minimum Gasteiger partial charge on any atom is -0.497 e. The van der Waals surface area contributed by atoms with Gasteiger partial charge in [-0.05, 0) is 48.8 Å². The summed E-state index contributed by atoms with van der Waals surface area (Å²) in [6.45, 7) is 2.10. The van der Waals surface area contributed by atoms with Crippen LogP contribution in [0.1, 0.15) is 30.1 Å². The van der Waals surface area contributed by atoms with E-state index in [1.165, 1.54) is 16.6 Å². The number of aliphatic hydroxyl groups is 2. The topological polar surface area (TPSA) is 78.0 Å². The van der Waals surface area contributed by atoms with E-state index in [1.54, 1.807) is 14.2 Å². The van der Waals surface area contributed by atoms with E-state index in [0.717, 1.165) is 43.6 Å². The van der Waals surface area contributed by atoms with E-state index in [0.29, 0.717) is 17.9 Å². The number of nitrogens with zero attached hydrogens (tertiary/aromatic N) is 1. The molecule has 3 N–H and O–H groups in total. The summed E-state index contributed by atoms with van der Waals surface area (Å²) in [5.41, 5.74) is 3.89. The monoisotopic (exact) mass is 386 g/mol. The van der Waals surface area contributed by atoms with Crippen molar-refractivity contribution in [3.8, 4) is 5.75 Å². The van der Waals surface area contributed by atoms with Crippen molar-refractivity contribution < 1.29 is 19.7 Å². The third kappa shape index (κ3) is 2.70. The Labute approximate surface area is 165 Å². The summed E-state index contributed by atoms with van der Waals surface area (Å²) < 4.78 is 11.0. The van der Waals surface area contributed by atoms with Gasteiger partial charge >= 0.3 is 0 Å². The molecule has 2 aromatic rings. The number of ether oxygens (including phenoxy) is 2. The molecule has 6 heteroatoms. The van der Waals surface area contributed by atoms with Crippen LogP contribution in [0, 0.1) is 17.8 Å². The first-order valence-corrected chi connectivity index (χ1v) is 10.4. The zero-order chi connectivity index (χ0) is 19.4. The summed E-state index contributed by atoms with van der Waals surface area (Å²) in [5.74, 6) is 1.65. The lowest BCUT2D eigenvalue weighted by atomic mass is 9.64. The van der Waals surface area contributed by atoms with Crippen molar-refractivity contribution in [2.45, 2.75) is 37.5 Å². The van der Waals surface area contributed by atoms with Gasteiger partial charge in [0.05, 0.1) is 25.4 Å². The summed E-state index contributed by atoms with van der Waals surface area (Å²) in [4.78, 5) is 6.26. The number of H-pyrrole nitrogens is 1. The predicted molar refractivity (Wildman–Crippen MR) is 106 cm³/mol. The van der Waals surface area contributed by atoms with Crippen LogP contribution in [0.3, 0.4) is 0 Å². The number of nitrogens with one attached hydrogen (secondary N) is 1. The van der Waals surface area contributed by atoms with Gasteiger partial charge in [-0.25, -0.2) is 0 Å². The van der Waals surface area contributed by atoms with E-state index >= 15 is 0 Å². The molecule has 1 saturated carbocycles. The first kappa shape index (κ1) is 18.4. The number of piperidine rings is 1. The van der Waals surface area contributed by atoms with Gasteiger partial charge < -0.3 is 24.7 Å². The van der Waals surface area contributed by atoms with Gasteiger partial charge in [-0.15, -0.1) is 0 Å². The number of benzene rings is 1. The molecular weight excluding hydrogens is 356 g/mol. The van der Waals surface area contributed by atoms with E-state index in [-0.39, 0.29) is 18.6 Å². The zero-order valence-electron chi connectivity index (χ0n) is 16.6. The maximum Gasteiger partial charge on any atom is 0.120 e. The first-order chi connectivity index (χ1) is 13.6. The molecule has 6 nitrogen and oxygen atoms in total. The second-order valence-corrected chi connectivity index (χ2v) is 8.70. The van der Waals surface area contributed by atoms with Crippen LogP contribution in [-0.2, 0) is 11.2 Å². The van der Waals surface area contributed by atoms with Gasteiger partial charge in [0.2, 0.25) is 0 Å². The molecule has 2 fully saturated rings. The largest absolute Gasteiger partial charge is 0.497 e. The van der Waals surface area contributed by atoms with Gasteiger partial charge in [-0.2, -0.15) is 0 Å². The van der Waals surface area contributed by atoms with Crippen LogP contribution < -0.4 is 4.74 Å². The Morgan fingerprint density at radius 3 is 2.86 bits per heavy atom. The molecule has 152 valence electrons. The third-order valence-corrected chi connectivity index (χ3v) is 7.52. The van der Waals surface area contributed by atoms with E-state index < -0.39 is 6.10 Å². The van der Waals surface area contributed by atoms with Crippen molar-refractivity contribution >= 4 is 10.9 Å². The first-order valence-electron chi connectivity index (χ1n) is 10.4. The molecule has 1 aliphatic carbocycles. The standard InChI is InChI=1S/C22H30N2O4/c1-27-13-3-4-14-15-5-6-24-10-12-7-20(26)22(28-2)17(11-25)16(12)9-19(24)21(15)23-18(14)8-13/h3-4,8,12,16-17,19-20,22-23,25-26H,5-7,9-11H2,1-2H3/t12-,16-,17-,19-,20+,22-/m1/s1. The fourth-order valence-corrected chi connectivity index (χ4v) is 6.22. The quantitative estimate of drug-likeness (QED) is 0.753. The summed E-state index contributed by atoms with van der Waals surface area (Å²) in [6.07, 6.45) is 2.05. The fourth-order valence-electron chi connectivity index (χ4n) is 6.22. The number of fused-ring (bicyclic) bond motifs is 6. The summed E-state index contributed by atoms with van der Waals surface area (Å²) in [5, 5.41) is 21.9. The molecule has 1 saturated heterocycles. The van der Waals surface area contributed by atoms with Crippen LogP contribution >= 0.6 is 0 Å². The average Bonchev–Trinajstić information content (AvgIpc) is 3.09. The molecule has 0 unspecified atom stereocenters. The van der Waals surface area contributed by atoms with Gasteiger partial charge in [0.15, 0.2) is 0 Å².